The Morgan fingerprint density at radius 3 is 2.52 bits per heavy atom. The third-order valence-electron chi connectivity index (χ3n) is 2.93. The first-order chi connectivity index (χ1) is 10.7. The highest BCUT2D eigenvalue weighted by atomic mass is 79.9. The van der Waals surface area contributed by atoms with Crippen LogP contribution in [0.15, 0.2) is 45.1 Å². The maximum Gasteiger partial charge on any atom is 0.238 e. The third-order valence-corrected chi connectivity index (χ3v) is 5.54. The van der Waals surface area contributed by atoms with Crippen molar-refractivity contribution in [3.05, 3.63) is 45.1 Å². The number of halogens is 1. The molecule has 0 unspecified atom stereocenters. The van der Waals surface area contributed by atoms with Gasteiger partial charge >= 0.3 is 0 Å². The van der Waals surface area contributed by atoms with E-state index in [1.54, 1.807) is 11.3 Å². The molecule has 1 aromatic heterocycles. The van der Waals surface area contributed by atoms with Crippen molar-refractivity contribution in [1.29, 1.82) is 0 Å². The molecule has 2 rings (SSSR count). The Balaban J connectivity index is 1.89. The lowest BCUT2D eigenvalue weighted by Gasteiger charge is -2.15. The summed E-state index contributed by atoms with van der Waals surface area (Å²) in [6.45, 7) is 0.903. The molecule has 124 valence electrons. The second-order valence-electron chi connectivity index (χ2n) is 5.02. The van der Waals surface area contributed by atoms with Gasteiger partial charge in [-0.15, -0.1) is 11.3 Å². The van der Waals surface area contributed by atoms with Gasteiger partial charge in [0, 0.05) is 27.0 Å². The number of nitrogens with zero attached hydrogens (tertiary/aromatic N) is 1. The molecule has 9 heteroatoms. The number of carbonyl (C=O) groups is 1. The maximum absolute atomic E-state index is 12.0. The van der Waals surface area contributed by atoms with Crippen LogP contribution in [0.3, 0.4) is 0 Å². The van der Waals surface area contributed by atoms with Crippen molar-refractivity contribution < 1.29 is 13.2 Å². The Morgan fingerprint density at radius 1 is 1.35 bits per heavy atom. The molecule has 23 heavy (non-hydrogen) atoms. The summed E-state index contributed by atoms with van der Waals surface area (Å²) in [5.74, 6) is -0.175. The van der Waals surface area contributed by atoms with Crippen LogP contribution in [-0.2, 0) is 21.4 Å². The summed E-state index contributed by atoms with van der Waals surface area (Å²) < 4.78 is 23.4. The second kappa shape index (κ2) is 7.54. The summed E-state index contributed by atoms with van der Waals surface area (Å²) in [4.78, 5) is 15.1. The van der Waals surface area contributed by atoms with Crippen LogP contribution in [0.1, 0.15) is 4.88 Å². The predicted molar refractivity (Wildman–Crippen MR) is 94.8 cm³/mol. The number of anilines is 1. The number of benzene rings is 1. The molecule has 0 aliphatic rings. The highest BCUT2D eigenvalue weighted by molar-refractivity contribution is 9.10. The lowest BCUT2D eigenvalue weighted by molar-refractivity contribution is -0.117. The number of likely N-dealkylation sites (N-methyl/N-ethyl adjacent to an activating group) is 1. The van der Waals surface area contributed by atoms with Gasteiger partial charge in [0.15, 0.2) is 0 Å². The molecule has 0 aliphatic carbocycles. The molecule has 1 heterocycles. The first-order valence-corrected chi connectivity index (χ1v) is 9.80. The average molecular weight is 418 g/mol. The van der Waals surface area contributed by atoms with Gasteiger partial charge in [0.1, 0.15) is 0 Å². The van der Waals surface area contributed by atoms with E-state index in [0.29, 0.717) is 12.2 Å². The van der Waals surface area contributed by atoms with Crippen molar-refractivity contribution in [2.45, 2.75) is 11.4 Å². The van der Waals surface area contributed by atoms with Gasteiger partial charge in [0.25, 0.3) is 0 Å². The minimum Gasteiger partial charge on any atom is -0.325 e. The number of hydrogen-bond donors (Lipinski definition) is 2. The molecule has 1 amide bonds. The lowest BCUT2D eigenvalue weighted by atomic mass is 10.3. The quantitative estimate of drug-likeness (QED) is 0.753. The Hall–Kier alpha value is -1.26. The molecule has 0 fully saturated rings. The molecule has 6 nitrogen and oxygen atoms in total. The van der Waals surface area contributed by atoms with Crippen LogP contribution in [0, 0.1) is 0 Å². The zero-order valence-electron chi connectivity index (χ0n) is 12.3. The highest BCUT2D eigenvalue weighted by Gasteiger charge is 2.10. The van der Waals surface area contributed by atoms with E-state index in [-0.39, 0.29) is 17.3 Å². The van der Waals surface area contributed by atoms with Crippen LogP contribution in [-0.4, -0.2) is 32.8 Å². The number of sulfonamides is 1. The van der Waals surface area contributed by atoms with E-state index in [2.05, 4.69) is 21.2 Å². The van der Waals surface area contributed by atoms with Crippen LogP contribution in [0.2, 0.25) is 0 Å². The minimum absolute atomic E-state index is 0.0101. The number of primary sulfonamides is 1. The van der Waals surface area contributed by atoms with Crippen molar-refractivity contribution in [2.24, 2.45) is 5.14 Å². The monoisotopic (exact) mass is 417 g/mol. The molecular formula is C14H16BrN3O3S2. The van der Waals surface area contributed by atoms with Gasteiger partial charge in [-0.1, -0.05) is 0 Å². The molecule has 0 aliphatic heterocycles. The summed E-state index contributed by atoms with van der Waals surface area (Å²) in [7, 11) is -1.86. The number of nitrogens with two attached hydrogens (primary N) is 1. The number of hydrogen-bond acceptors (Lipinski definition) is 5. The molecule has 0 atom stereocenters. The molecule has 0 radical (unpaired) electrons. The number of amides is 1. The number of nitrogens with one attached hydrogen (secondary N) is 1. The third kappa shape index (κ3) is 5.70. The van der Waals surface area contributed by atoms with Gasteiger partial charge < -0.3 is 5.32 Å². The van der Waals surface area contributed by atoms with E-state index < -0.39 is 10.0 Å². The first-order valence-electron chi connectivity index (χ1n) is 6.58. The minimum atomic E-state index is -3.72. The molecule has 3 N–H and O–H groups in total. The summed E-state index contributed by atoms with van der Waals surface area (Å²) in [5, 5.41) is 9.74. The fourth-order valence-electron chi connectivity index (χ4n) is 1.93. The van der Waals surface area contributed by atoms with Crippen molar-refractivity contribution >= 4 is 48.9 Å². The van der Waals surface area contributed by atoms with Crippen molar-refractivity contribution in [3.8, 4) is 0 Å². The molecular weight excluding hydrogens is 402 g/mol. The Morgan fingerprint density at radius 2 is 2.00 bits per heavy atom. The smallest absolute Gasteiger partial charge is 0.238 e. The Bertz CT molecular complexity index is 788. The van der Waals surface area contributed by atoms with E-state index in [1.165, 1.54) is 24.3 Å². The van der Waals surface area contributed by atoms with Crippen molar-refractivity contribution in [1.82, 2.24) is 4.90 Å². The van der Waals surface area contributed by atoms with Gasteiger partial charge in [-0.2, -0.15) is 0 Å². The molecule has 0 spiro atoms. The number of rotatable bonds is 6. The van der Waals surface area contributed by atoms with Crippen LogP contribution in [0.4, 0.5) is 5.69 Å². The molecule has 0 bridgehead atoms. The van der Waals surface area contributed by atoms with Crippen LogP contribution < -0.4 is 10.5 Å². The summed E-state index contributed by atoms with van der Waals surface area (Å²) in [6, 6.07) is 7.75. The van der Waals surface area contributed by atoms with Gasteiger partial charge in [-0.25, -0.2) is 13.6 Å². The van der Waals surface area contributed by atoms with Crippen molar-refractivity contribution in [2.75, 3.05) is 18.9 Å². The van der Waals surface area contributed by atoms with Crippen LogP contribution in [0.25, 0.3) is 0 Å². The molecule has 2 aromatic rings. The molecule has 0 saturated carbocycles. The van der Waals surface area contributed by atoms with E-state index in [1.807, 2.05) is 23.4 Å². The Kier molecular flexibility index (Phi) is 5.93. The van der Waals surface area contributed by atoms with Gasteiger partial charge in [-0.05, 0) is 53.3 Å². The lowest BCUT2D eigenvalue weighted by Crippen LogP contribution is -2.29. The predicted octanol–water partition coefficient (Wildman–Crippen LogP) is 2.23. The van der Waals surface area contributed by atoms with Crippen LogP contribution in [0.5, 0.6) is 0 Å². The summed E-state index contributed by atoms with van der Waals surface area (Å²) in [6.07, 6.45) is 0. The van der Waals surface area contributed by atoms with Gasteiger partial charge in [0.05, 0.1) is 11.4 Å². The number of thiophene rings is 1. The highest BCUT2D eigenvalue weighted by Crippen LogP contribution is 2.20. The fraction of sp³-hybridized carbons (Fsp3) is 0.214. The largest absolute Gasteiger partial charge is 0.325 e. The summed E-state index contributed by atoms with van der Waals surface area (Å²) >= 11 is 5.02. The maximum atomic E-state index is 12.0. The first kappa shape index (κ1) is 18.1. The van der Waals surface area contributed by atoms with Gasteiger partial charge in [-0.3, -0.25) is 9.69 Å². The normalized spacial score (nSPS) is 11.7. The second-order valence-corrected chi connectivity index (χ2v) is 8.49. The van der Waals surface area contributed by atoms with Crippen molar-refractivity contribution in [3.63, 3.8) is 0 Å². The molecule has 1 aromatic carbocycles. The zero-order valence-corrected chi connectivity index (χ0v) is 15.5. The topological polar surface area (TPSA) is 92.5 Å². The fourth-order valence-corrected chi connectivity index (χ4v) is 3.98. The van der Waals surface area contributed by atoms with E-state index in [0.717, 1.165) is 9.35 Å². The van der Waals surface area contributed by atoms with E-state index in [9.17, 15) is 13.2 Å². The Labute approximate surface area is 147 Å². The zero-order chi connectivity index (χ0) is 17.0. The average Bonchev–Trinajstić information content (AvgIpc) is 2.83. The van der Waals surface area contributed by atoms with E-state index >= 15 is 0 Å². The molecule has 0 saturated heterocycles. The standard InChI is InChI=1S/C14H16BrN3O3S2/c1-18(7-12-6-10(15)9-22-12)8-14(19)17-11-2-4-13(5-3-11)23(16,20)21/h2-6,9H,7-8H2,1H3,(H,17,19)(H2,16,20,21). The number of carbonyl (C=O) groups excluding carboxylic acids is 1. The SMILES string of the molecule is CN(CC(=O)Nc1ccc(S(N)(=O)=O)cc1)Cc1cc(Br)cs1. The van der Waals surface area contributed by atoms with Crippen LogP contribution >= 0.6 is 27.3 Å². The van der Waals surface area contributed by atoms with Gasteiger partial charge in [0.2, 0.25) is 15.9 Å². The summed E-state index contributed by atoms with van der Waals surface area (Å²) in [5.41, 5.74) is 0.523. The van der Waals surface area contributed by atoms with E-state index in [4.69, 9.17) is 5.14 Å².